The van der Waals surface area contributed by atoms with Crippen molar-refractivity contribution in [1.29, 1.82) is 0 Å². The molecule has 0 aliphatic carbocycles. The molecule has 1 aliphatic rings. The first kappa shape index (κ1) is 23.8. The Hall–Kier alpha value is -3.55. The summed E-state index contributed by atoms with van der Waals surface area (Å²) < 4.78 is 27.4. The molecule has 2 aromatic carbocycles. The molecular weight excluding hydrogens is 469 g/mol. The molecule has 5 aromatic rings. The van der Waals surface area contributed by atoms with Gasteiger partial charge in [-0.2, -0.15) is 0 Å². The number of aromatic nitrogens is 3. The van der Waals surface area contributed by atoms with Gasteiger partial charge in [-0.05, 0) is 74.9 Å². The van der Waals surface area contributed by atoms with Gasteiger partial charge in [-0.1, -0.05) is 29.4 Å². The van der Waals surface area contributed by atoms with Crippen molar-refractivity contribution in [3.05, 3.63) is 83.6 Å². The maximum absolute atomic E-state index is 14.0. The van der Waals surface area contributed by atoms with Crippen LogP contribution in [0.1, 0.15) is 49.6 Å². The molecule has 6 rings (SSSR count). The Morgan fingerprint density at radius 1 is 1.03 bits per heavy atom. The van der Waals surface area contributed by atoms with Gasteiger partial charge < -0.3 is 18.9 Å². The molecule has 0 radical (unpaired) electrons. The Morgan fingerprint density at radius 3 is 2.46 bits per heavy atom. The second kappa shape index (κ2) is 9.08. The third-order valence-corrected chi connectivity index (χ3v) is 7.61. The first-order valence-corrected chi connectivity index (χ1v) is 12.7. The summed E-state index contributed by atoms with van der Waals surface area (Å²) in [6.07, 6.45) is 5.36. The van der Waals surface area contributed by atoms with Gasteiger partial charge in [0, 0.05) is 35.9 Å². The summed E-state index contributed by atoms with van der Waals surface area (Å²) in [6.45, 7) is 6.86. The van der Waals surface area contributed by atoms with E-state index in [4.69, 9.17) is 14.2 Å². The molecule has 0 spiro atoms. The standard InChI is InChI=1S/C30H30FN3O3/c1-18-25(17-33-37-18)21-14-27-28(32-16-21)24-9-6-22(30(2,3)35)15-26(24)34(27)29(20-10-12-36-13-11-20)19-4-7-23(31)8-5-19/h4-9,14-17,20,29,35H,10-13H2,1-3H3/t29-/m0/s1. The quantitative estimate of drug-likeness (QED) is 0.297. The molecule has 0 amide bonds. The molecule has 6 nitrogen and oxygen atoms in total. The molecule has 0 saturated carbocycles. The summed E-state index contributed by atoms with van der Waals surface area (Å²) >= 11 is 0. The van der Waals surface area contributed by atoms with Gasteiger partial charge >= 0.3 is 0 Å². The van der Waals surface area contributed by atoms with Gasteiger partial charge in [-0.25, -0.2) is 4.39 Å². The lowest BCUT2D eigenvalue weighted by Gasteiger charge is -2.33. The minimum Gasteiger partial charge on any atom is -0.386 e. The fourth-order valence-electron chi connectivity index (χ4n) is 5.63. The summed E-state index contributed by atoms with van der Waals surface area (Å²) in [6, 6.07) is 15.0. The van der Waals surface area contributed by atoms with Crippen molar-refractivity contribution in [2.24, 2.45) is 5.92 Å². The van der Waals surface area contributed by atoms with Crippen LogP contribution >= 0.6 is 0 Å². The lowest BCUT2D eigenvalue weighted by Crippen LogP contribution is -2.27. The number of ether oxygens (including phenoxy) is 1. The van der Waals surface area contributed by atoms with E-state index in [2.05, 4.69) is 21.9 Å². The van der Waals surface area contributed by atoms with Crippen molar-refractivity contribution in [3.63, 3.8) is 0 Å². The molecule has 4 heterocycles. The fraction of sp³-hybridized carbons (Fsp3) is 0.333. The van der Waals surface area contributed by atoms with Crippen LogP contribution < -0.4 is 0 Å². The fourth-order valence-corrected chi connectivity index (χ4v) is 5.63. The number of fused-ring (bicyclic) bond motifs is 3. The van der Waals surface area contributed by atoms with Crippen LogP contribution in [0.25, 0.3) is 33.1 Å². The zero-order valence-electron chi connectivity index (χ0n) is 21.2. The predicted molar refractivity (Wildman–Crippen MR) is 141 cm³/mol. The molecule has 1 saturated heterocycles. The molecule has 1 aliphatic heterocycles. The van der Waals surface area contributed by atoms with Crippen LogP contribution in [-0.4, -0.2) is 33.0 Å². The zero-order valence-corrected chi connectivity index (χ0v) is 21.2. The summed E-state index contributed by atoms with van der Waals surface area (Å²) in [7, 11) is 0. The molecule has 7 heteroatoms. The molecule has 190 valence electrons. The zero-order chi connectivity index (χ0) is 25.7. The van der Waals surface area contributed by atoms with Crippen LogP contribution in [0.3, 0.4) is 0 Å². The minimum atomic E-state index is -1.00. The molecule has 1 fully saturated rings. The normalized spacial score (nSPS) is 16.0. The Kier molecular flexibility index (Phi) is 5.85. The lowest BCUT2D eigenvalue weighted by molar-refractivity contribution is 0.0552. The van der Waals surface area contributed by atoms with Gasteiger partial charge in [0.05, 0.1) is 34.4 Å². The first-order valence-electron chi connectivity index (χ1n) is 12.7. The van der Waals surface area contributed by atoms with Crippen molar-refractivity contribution in [1.82, 2.24) is 14.7 Å². The number of hydrogen-bond acceptors (Lipinski definition) is 5. The van der Waals surface area contributed by atoms with Crippen molar-refractivity contribution < 1.29 is 18.8 Å². The minimum absolute atomic E-state index is 0.0674. The van der Waals surface area contributed by atoms with Crippen molar-refractivity contribution in [3.8, 4) is 11.1 Å². The monoisotopic (exact) mass is 499 g/mol. The van der Waals surface area contributed by atoms with Gasteiger partial charge in [0.15, 0.2) is 0 Å². The second-order valence-corrected chi connectivity index (χ2v) is 10.5. The van der Waals surface area contributed by atoms with Crippen molar-refractivity contribution in [2.75, 3.05) is 13.2 Å². The molecule has 37 heavy (non-hydrogen) atoms. The first-order chi connectivity index (χ1) is 17.8. The molecule has 0 unspecified atom stereocenters. The molecule has 0 bridgehead atoms. The SMILES string of the molecule is Cc1oncc1-c1cnc2c3ccc(C(C)(C)O)cc3n([C@@H](c3ccc(F)cc3)C3CCOCC3)c2c1. The van der Waals surface area contributed by atoms with E-state index in [0.717, 1.165) is 62.8 Å². The summed E-state index contributed by atoms with van der Waals surface area (Å²) in [5, 5.41) is 15.8. The smallest absolute Gasteiger partial charge is 0.141 e. The number of pyridine rings is 1. The highest BCUT2D eigenvalue weighted by molar-refractivity contribution is 6.07. The number of hydrogen-bond donors (Lipinski definition) is 1. The van der Waals surface area contributed by atoms with E-state index < -0.39 is 5.60 Å². The average molecular weight is 500 g/mol. The highest BCUT2D eigenvalue weighted by Crippen LogP contribution is 2.42. The van der Waals surface area contributed by atoms with Crippen molar-refractivity contribution >= 4 is 21.9 Å². The average Bonchev–Trinajstić information content (AvgIpc) is 3.46. The van der Waals surface area contributed by atoms with E-state index >= 15 is 0 Å². The van der Waals surface area contributed by atoms with Crippen LogP contribution in [0.5, 0.6) is 0 Å². The number of benzene rings is 2. The number of nitrogens with zero attached hydrogens (tertiary/aromatic N) is 3. The lowest BCUT2D eigenvalue weighted by atomic mass is 9.86. The summed E-state index contributed by atoms with van der Waals surface area (Å²) in [4.78, 5) is 4.92. The third-order valence-electron chi connectivity index (χ3n) is 7.61. The van der Waals surface area contributed by atoms with E-state index in [1.54, 1.807) is 20.0 Å². The molecule has 1 atom stereocenters. The van der Waals surface area contributed by atoms with Gasteiger partial charge in [-0.15, -0.1) is 0 Å². The van der Waals surface area contributed by atoms with E-state index in [9.17, 15) is 9.50 Å². The van der Waals surface area contributed by atoms with E-state index in [1.165, 1.54) is 12.1 Å². The number of aryl methyl sites for hydroxylation is 1. The third kappa shape index (κ3) is 4.22. The van der Waals surface area contributed by atoms with Crippen LogP contribution in [0.2, 0.25) is 0 Å². The maximum Gasteiger partial charge on any atom is 0.141 e. The Balaban J connectivity index is 1.68. The topological polar surface area (TPSA) is 73.3 Å². The van der Waals surface area contributed by atoms with Crippen LogP contribution in [0, 0.1) is 18.7 Å². The van der Waals surface area contributed by atoms with Gasteiger partial charge in [0.25, 0.3) is 0 Å². The van der Waals surface area contributed by atoms with Gasteiger partial charge in [0.1, 0.15) is 11.6 Å². The van der Waals surface area contributed by atoms with Crippen LogP contribution in [0.15, 0.2) is 65.4 Å². The highest BCUT2D eigenvalue weighted by atomic mass is 19.1. The summed E-state index contributed by atoms with van der Waals surface area (Å²) in [5.74, 6) is 0.755. The number of halogens is 1. The summed E-state index contributed by atoms with van der Waals surface area (Å²) in [5.41, 5.74) is 5.52. The largest absolute Gasteiger partial charge is 0.386 e. The Morgan fingerprint density at radius 2 is 1.78 bits per heavy atom. The van der Waals surface area contributed by atoms with Gasteiger partial charge in [-0.3, -0.25) is 4.98 Å². The van der Waals surface area contributed by atoms with Crippen molar-refractivity contribution in [2.45, 2.75) is 45.3 Å². The maximum atomic E-state index is 14.0. The molecular formula is C30H30FN3O3. The van der Waals surface area contributed by atoms with Crippen LogP contribution in [0.4, 0.5) is 4.39 Å². The van der Waals surface area contributed by atoms with Gasteiger partial charge in [0.2, 0.25) is 0 Å². The number of aliphatic hydroxyl groups is 1. The Labute approximate surface area is 214 Å². The second-order valence-electron chi connectivity index (χ2n) is 10.5. The van der Waals surface area contributed by atoms with E-state index in [-0.39, 0.29) is 17.8 Å². The van der Waals surface area contributed by atoms with E-state index in [1.807, 2.05) is 37.4 Å². The Bertz CT molecular complexity index is 1570. The molecule has 3 aromatic heterocycles. The highest BCUT2D eigenvalue weighted by Gasteiger charge is 2.31. The predicted octanol–water partition coefficient (Wildman–Crippen LogP) is 6.54. The number of rotatable bonds is 5. The van der Waals surface area contributed by atoms with Crippen LogP contribution in [-0.2, 0) is 10.3 Å². The molecule has 1 N–H and O–H groups in total. The van der Waals surface area contributed by atoms with E-state index in [0.29, 0.717) is 13.2 Å².